The second-order valence-electron chi connectivity index (χ2n) is 7.24. The van der Waals surface area contributed by atoms with Gasteiger partial charge in [-0.1, -0.05) is 6.07 Å². The van der Waals surface area contributed by atoms with Crippen molar-refractivity contribution in [2.45, 2.75) is 12.8 Å². The molecule has 0 saturated heterocycles. The van der Waals surface area contributed by atoms with Gasteiger partial charge in [0, 0.05) is 48.3 Å². The number of nitrogens with zero attached hydrogens (tertiary/aromatic N) is 2. The zero-order chi connectivity index (χ0) is 22.0. The van der Waals surface area contributed by atoms with Crippen LogP contribution < -0.4 is 10.2 Å². The van der Waals surface area contributed by atoms with Crippen molar-refractivity contribution >= 4 is 17.3 Å². The van der Waals surface area contributed by atoms with Crippen molar-refractivity contribution in [3.63, 3.8) is 0 Å². The van der Waals surface area contributed by atoms with E-state index in [-0.39, 0.29) is 31.0 Å². The van der Waals surface area contributed by atoms with Crippen LogP contribution in [0.1, 0.15) is 27.2 Å². The summed E-state index contributed by atoms with van der Waals surface area (Å²) in [6.45, 7) is 0.577. The number of anilines is 2. The fraction of sp³-hybridized carbons (Fsp3) is 0.217. The van der Waals surface area contributed by atoms with E-state index < -0.39 is 17.5 Å². The van der Waals surface area contributed by atoms with E-state index in [0.717, 1.165) is 36.3 Å². The van der Waals surface area contributed by atoms with Gasteiger partial charge in [0.25, 0.3) is 5.91 Å². The number of aromatic nitrogens is 1. The van der Waals surface area contributed by atoms with Gasteiger partial charge < -0.3 is 15.3 Å². The molecule has 4 rings (SSSR count). The van der Waals surface area contributed by atoms with Crippen LogP contribution in [0.15, 0.2) is 48.7 Å². The maximum atomic E-state index is 13.5. The molecule has 8 heteroatoms. The summed E-state index contributed by atoms with van der Waals surface area (Å²) in [4.78, 5) is 19.0. The molecule has 31 heavy (non-hydrogen) atoms. The number of fused-ring (bicyclic) bond motifs is 1. The van der Waals surface area contributed by atoms with Gasteiger partial charge in [0.05, 0.1) is 6.61 Å². The van der Waals surface area contributed by atoms with Crippen molar-refractivity contribution in [2.75, 3.05) is 29.9 Å². The maximum absolute atomic E-state index is 13.5. The first-order valence-corrected chi connectivity index (χ1v) is 9.84. The van der Waals surface area contributed by atoms with Gasteiger partial charge in [0.15, 0.2) is 17.5 Å². The van der Waals surface area contributed by atoms with Gasteiger partial charge in [-0.3, -0.25) is 9.78 Å². The minimum absolute atomic E-state index is 0.0494. The number of aliphatic hydroxyl groups is 1. The van der Waals surface area contributed by atoms with E-state index in [0.29, 0.717) is 16.9 Å². The van der Waals surface area contributed by atoms with Gasteiger partial charge in [-0.15, -0.1) is 0 Å². The molecule has 0 spiro atoms. The molecule has 0 saturated carbocycles. The zero-order valence-corrected chi connectivity index (χ0v) is 16.5. The minimum Gasteiger partial charge on any atom is -0.395 e. The Hall–Kier alpha value is -3.39. The van der Waals surface area contributed by atoms with Gasteiger partial charge in [0.1, 0.15) is 0 Å². The van der Waals surface area contributed by atoms with E-state index in [9.17, 15) is 23.1 Å². The van der Waals surface area contributed by atoms with Crippen LogP contribution >= 0.6 is 0 Å². The molecular weight excluding hydrogens is 407 g/mol. The first kappa shape index (κ1) is 20.9. The number of hydrogen-bond donors (Lipinski definition) is 2. The molecule has 2 N–H and O–H groups in total. The van der Waals surface area contributed by atoms with Crippen LogP contribution in [0.2, 0.25) is 0 Å². The SMILES string of the molecule is O=C(c1cccc2c1CCN2)N(CCO)c1ccnc(Cc2cc(F)c(F)c(F)c2)c1. The summed E-state index contributed by atoms with van der Waals surface area (Å²) in [7, 11) is 0. The molecule has 0 aliphatic carbocycles. The minimum atomic E-state index is -1.52. The normalized spacial score (nSPS) is 12.4. The van der Waals surface area contributed by atoms with E-state index >= 15 is 0 Å². The second-order valence-corrected chi connectivity index (χ2v) is 7.24. The average Bonchev–Trinajstić information content (AvgIpc) is 3.24. The molecule has 1 aromatic heterocycles. The molecule has 0 fully saturated rings. The highest BCUT2D eigenvalue weighted by molar-refractivity contribution is 6.08. The van der Waals surface area contributed by atoms with E-state index in [2.05, 4.69) is 10.3 Å². The molecule has 2 aromatic carbocycles. The average molecular weight is 427 g/mol. The van der Waals surface area contributed by atoms with Gasteiger partial charge in [-0.05, 0) is 53.9 Å². The Morgan fingerprint density at radius 1 is 1.13 bits per heavy atom. The topological polar surface area (TPSA) is 65.5 Å². The maximum Gasteiger partial charge on any atom is 0.258 e. The highest BCUT2D eigenvalue weighted by Gasteiger charge is 2.24. The van der Waals surface area contributed by atoms with Crippen molar-refractivity contribution in [1.29, 1.82) is 0 Å². The third kappa shape index (κ3) is 4.25. The Labute approximate surface area is 177 Å². The number of carbonyl (C=O) groups excluding carboxylic acids is 1. The number of benzene rings is 2. The van der Waals surface area contributed by atoms with Gasteiger partial charge in [-0.25, -0.2) is 13.2 Å². The number of aliphatic hydroxyl groups excluding tert-OH is 1. The number of rotatable bonds is 6. The Morgan fingerprint density at radius 3 is 2.65 bits per heavy atom. The first-order chi connectivity index (χ1) is 15.0. The van der Waals surface area contributed by atoms with Crippen molar-refractivity contribution in [1.82, 2.24) is 4.98 Å². The predicted molar refractivity (Wildman–Crippen MR) is 111 cm³/mol. The Balaban J connectivity index is 1.64. The van der Waals surface area contributed by atoms with Crippen molar-refractivity contribution < 1.29 is 23.1 Å². The Kier molecular flexibility index (Phi) is 5.90. The molecule has 3 aromatic rings. The Morgan fingerprint density at radius 2 is 1.90 bits per heavy atom. The van der Waals surface area contributed by atoms with E-state index in [1.807, 2.05) is 6.07 Å². The van der Waals surface area contributed by atoms with Gasteiger partial charge >= 0.3 is 0 Å². The number of nitrogens with one attached hydrogen (secondary N) is 1. The summed E-state index contributed by atoms with van der Waals surface area (Å²) in [5.74, 6) is -4.31. The standard InChI is InChI=1S/C23H20F3N3O2/c24-19-11-14(12-20(25)22(19)26)10-15-13-16(4-6-27-15)29(8-9-30)23(31)18-2-1-3-21-17(18)5-7-28-21/h1-4,6,11-13,28,30H,5,7-10H2. The van der Waals surface area contributed by atoms with Crippen LogP contribution in [0.3, 0.4) is 0 Å². The van der Waals surface area contributed by atoms with Crippen LogP contribution in [-0.4, -0.2) is 35.7 Å². The highest BCUT2D eigenvalue weighted by atomic mass is 19.2. The highest BCUT2D eigenvalue weighted by Crippen LogP contribution is 2.28. The largest absolute Gasteiger partial charge is 0.395 e. The lowest BCUT2D eigenvalue weighted by Gasteiger charge is -2.23. The van der Waals surface area contributed by atoms with E-state index in [1.165, 1.54) is 11.1 Å². The van der Waals surface area contributed by atoms with Crippen LogP contribution in [0, 0.1) is 17.5 Å². The lowest BCUT2D eigenvalue weighted by Crippen LogP contribution is -2.34. The Bertz CT molecular complexity index is 1110. The van der Waals surface area contributed by atoms with Gasteiger partial charge in [0.2, 0.25) is 0 Å². The smallest absolute Gasteiger partial charge is 0.258 e. The molecule has 0 radical (unpaired) electrons. The lowest BCUT2D eigenvalue weighted by atomic mass is 10.0. The van der Waals surface area contributed by atoms with Crippen molar-refractivity contribution in [3.05, 3.63) is 88.5 Å². The number of halogens is 3. The molecule has 5 nitrogen and oxygen atoms in total. The van der Waals surface area contributed by atoms with E-state index in [4.69, 9.17) is 0 Å². The molecule has 2 heterocycles. The fourth-order valence-corrected chi connectivity index (χ4v) is 3.79. The molecule has 0 atom stereocenters. The first-order valence-electron chi connectivity index (χ1n) is 9.84. The van der Waals surface area contributed by atoms with Crippen molar-refractivity contribution in [2.24, 2.45) is 0 Å². The van der Waals surface area contributed by atoms with Crippen LogP contribution in [0.5, 0.6) is 0 Å². The second kappa shape index (κ2) is 8.77. The quantitative estimate of drug-likeness (QED) is 0.589. The molecule has 160 valence electrons. The molecule has 0 bridgehead atoms. The molecule has 1 aliphatic rings. The fourth-order valence-electron chi connectivity index (χ4n) is 3.79. The third-order valence-corrected chi connectivity index (χ3v) is 5.21. The molecular formula is C23H20F3N3O2. The summed E-state index contributed by atoms with van der Waals surface area (Å²) in [5, 5.41) is 12.8. The molecule has 1 aliphatic heterocycles. The zero-order valence-electron chi connectivity index (χ0n) is 16.5. The monoisotopic (exact) mass is 427 g/mol. The summed E-state index contributed by atoms with van der Waals surface area (Å²) in [6.07, 6.45) is 2.26. The lowest BCUT2D eigenvalue weighted by molar-refractivity contribution is 0.0980. The summed E-state index contributed by atoms with van der Waals surface area (Å²) in [6, 6.07) is 10.6. The molecule has 1 amide bonds. The van der Waals surface area contributed by atoms with Crippen LogP contribution in [-0.2, 0) is 12.8 Å². The van der Waals surface area contributed by atoms with Gasteiger partial charge in [-0.2, -0.15) is 0 Å². The van der Waals surface area contributed by atoms with Crippen LogP contribution in [0.25, 0.3) is 0 Å². The van der Waals surface area contributed by atoms with Crippen LogP contribution in [0.4, 0.5) is 24.5 Å². The number of pyridine rings is 1. The summed E-state index contributed by atoms with van der Waals surface area (Å²) in [5.41, 5.74) is 3.56. The van der Waals surface area contributed by atoms with E-state index in [1.54, 1.807) is 24.3 Å². The summed E-state index contributed by atoms with van der Waals surface area (Å²) >= 11 is 0. The summed E-state index contributed by atoms with van der Waals surface area (Å²) < 4.78 is 40.3. The predicted octanol–water partition coefficient (Wildman–Crippen LogP) is 3.70. The third-order valence-electron chi connectivity index (χ3n) is 5.21. The van der Waals surface area contributed by atoms with Crippen molar-refractivity contribution in [3.8, 4) is 0 Å². The number of hydrogen-bond acceptors (Lipinski definition) is 4. The number of carbonyl (C=O) groups is 1. The number of amides is 1. The molecule has 0 unspecified atom stereocenters.